The van der Waals surface area contributed by atoms with Crippen molar-refractivity contribution in [3.8, 4) is 0 Å². The second-order valence-electron chi connectivity index (χ2n) is 6.71. The van der Waals surface area contributed by atoms with Crippen molar-refractivity contribution in [2.24, 2.45) is 17.6 Å². The van der Waals surface area contributed by atoms with E-state index in [-0.39, 0.29) is 30.3 Å². The van der Waals surface area contributed by atoms with E-state index in [1.807, 2.05) is 49.1 Å². The van der Waals surface area contributed by atoms with Gasteiger partial charge in [0, 0.05) is 19.6 Å². The number of nitrogens with zero attached hydrogens (tertiary/aromatic N) is 1. The maximum absolute atomic E-state index is 12.7. The number of urea groups is 1. The average molecular weight is 369 g/mol. The molecule has 0 saturated carbocycles. The van der Waals surface area contributed by atoms with Crippen molar-refractivity contribution in [1.82, 2.24) is 15.5 Å². The third-order valence-electron chi connectivity index (χ3n) is 4.45. The monoisotopic (exact) mass is 368 g/mol. The van der Waals surface area contributed by atoms with Crippen LogP contribution in [-0.2, 0) is 11.3 Å². The van der Waals surface area contributed by atoms with Gasteiger partial charge in [0.1, 0.15) is 6.04 Å². The highest BCUT2D eigenvalue weighted by Gasteiger charge is 2.32. The Morgan fingerprint density at radius 1 is 1.28 bits per heavy atom. The van der Waals surface area contributed by atoms with Crippen LogP contribution in [0.15, 0.2) is 30.3 Å². The number of rotatable bonds is 6. The Morgan fingerprint density at radius 3 is 2.52 bits per heavy atom. The van der Waals surface area contributed by atoms with Crippen molar-refractivity contribution < 1.29 is 9.59 Å². The lowest BCUT2D eigenvalue weighted by Gasteiger charge is -2.27. The zero-order chi connectivity index (χ0) is 17.5. The Morgan fingerprint density at radius 2 is 1.96 bits per heavy atom. The highest BCUT2D eigenvalue weighted by atomic mass is 35.5. The van der Waals surface area contributed by atoms with Gasteiger partial charge in [-0.15, -0.1) is 12.4 Å². The molecule has 0 spiro atoms. The highest BCUT2D eigenvalue weighted by molar-refractivity contribution is 5.87. The lowest BCUT2D eigenvalue weighted by atomic mass is 10.0. The normalized spacial score (nSPS) is 17.8. The number of hydrogen-bond acceptors (Lipinski definition) is 3. The van der Waals surface area contributed by atoms with Gasteiger partial charge in [-0.05, 0) is 30.4 Å². The molecule has 1 saturated heterocycles. The van der Waals surface area contributed by atoms with Crippen molar-refractivity contribution in [1.29, 1.82) is 0 Å². The van der Waals surface area contributed by atoms with Gasteiger partial charge in [-0.1, -0.05) is 44.2 Å². The van der Waals surface area contributed by atoms with E-state index in [2.05, 4.69) is 10.6 Å². The lowest BCUT2D eigenvalue weighted by Crippen LogP contribution is -2.53. The van der Waals surface area contributed by atoms with Gasteiger partial charge in [0.05, 0.1) is 0 Å². The Balaban J connectivity index is 0.00000312. The molecule has 1 aromatic carbocycles. The molecule has 25 heavy (non-hydrogen) atoms. The molecule has 0 radical (unpaired) electrons. The van der Waals surface area contributed by atoms with Gasteiger partial charge in [-0.3, -0.25) is 4.79 Å². The van der Waals surface area contributed by atoms with Crippen molar-refractivity contribution in [2.75, 3.05) is 19.6 Å². The van der Waals surface area contributed by atoms with Crippen LogP contribution in [0, 0.1) is 11.8 Å². The summed E-state index contributed by atoms with van der Waals surface area (Å²) in [6, 6.07) is 8.85. The predicted molar refractivity (Wildman–Crippen MR) is 101 cm³/mol. The maximum atomic E-state index is 12.7. The number of nitrogens with one attached hydrogen (secondary N) is 2. The number of nitrogens with two attached hydrogens (primary N) is 1. The van der Waals surface area contributed by atoms with Gasteiger partial charge in [-0.25, -0.2) is 4.79 Å². The summed E-state index contributed by atoms with van der Waals surface area (Å²) in [6.45, 7) is 6.32. The van der Waals surface area contributed by atoms with Crippen molar-refractivity contribution in [3.05, 3.63) is 35.9 Å². The van der Waals surface area contributed by atoms with Crippen molar-refractivity contribution in [3.63, 3.8) is 0 Å². The van der Waals surface area contributed by atoms with Crippen LogP contribution in [0.3, 0.4) is 0 Å². The van der Waals surface area contributed by atoms with Crippen molar-refractivity contribution in [2.45, 2.75) is 32.9 Å². The van der Waals surface area contributed by atoms with E-state index < -0.39 is 6.04 Å². The SMILES string of the molecule is CC(C)C(NC(=O)NCc1ccccc1)C(=O)N1CCC(CN)C1.Cl. The Bertz CT molecular complexity index is 553. The number of benzene rings is 1. The summed E-state index contributed by atoms with van der Waals surface area (Å²) in [5, 5.41) is 5.63. The lowest BCUT2D eigenvalue weighted by molar-refractivity contribution is -0.133. The molecule has 2 rings (SSSR count). The van der Waals surface area contributed by atoms with Crippen LogP contribution >= 0.6 is 12.4 Å². The summed E-state index contributed by atoms with van der Waals surface area (Å²) >= 11 is 0. The summed E-state index contributed by atoms with van der Waals surface area (Å²) < 4.78 is 0. The van der Waals surface area contributed by atoms with Gasteiger partial charge < -0.3 is 21.3 Å². The van der Waals surface area contributed by atoms with Crippen LogP contribution in [0.25, 0.3) is 0 Å². The van der Waals surface area contributed by atoms with E-state index in [9.17, 15) is 9.59 Å². The second kappa shape index (κ2) is 10.3. The third kappa shape index (κ3) is 6.21. The van der Waals surface area contributed by atoms with Crippen LogP contribution in [-0.4, -0.2) is 42.5 Å². The summed E-state index contributed by atoms with van der Waals surface area (Å²) in [7, 11) is 0. The van der Waals surface area contributed by atoms with Crippen LogP contribution in [0.2, 0.25) is 0 Å². The molecule has 1 aromatic rings. The Kier molecular flexibility index (Phi) is 8.72. The van der Waals surface area contributed by atoms with E-state index in [1.165, 1.54) is 0 Å². The second-order valence-corrected chi connectivity index (χ2v) is 6.71. The topological polar surface area (TPSA) is 87.5 Å². The van der Waals surface area contributed by atoms with E-state index >= 15 is 0 Å². The summed E-state index contributed by atoms with van der Waals surface area (Å²) in [6.07, 6.45) is 0.938. The molecule has 1 fully saturated rings. The Labute approximate surface area is 155 Å². The standard InChI is InChI=1S/C18H28N4O2.ClH/c1-13(2)16(17(23)22-9-8-15(10-19)12-22)21-18(24)20-11-14-6-4-3-5-7-14;/h3-7,13,15-16H,8-12,19H2,1-2H3,(H2,20,21,24);1H. The molecule has 2 unspecified atom stereocenters. The first-order valence-electron chi connectivity index (χ1n) is 8.58. The minimum Gasteiger partial charge on any atom is -0.341 e. The van der Waals surface area contributed by atoms with Crippen LogP contribution in [0.5, 0.6) is 0 Å². The van der Waals surface area contributed by atoms with E-state index in [4.69, 9.17) is 5.73 Å². The molecule has 0 aromatic heterocycles. The molecular formula is C18H29ClN4O2. The summed E-state index contributed by atoms with van der Waals surface area (Å²) in [5.74, 6) is 0.376. The first kappa shape index (κ1) is 21.3. The maximum Gasteiger partial charge on any atom is 0.315 e. The molecule has 4 N–H and O–H groups in total. The van der Waals surface area contributed by atoms with Crippen molar-refractivity contribution >= 4 is 24.3 Å². The minimum atomic E-state index is -0.516. The number of amides is 3. The van der Waals surface area contributed by atoms with Gasteiger partial charge >= 0.3 is 6.03 Å². The first-order valence-corrected chi connectivity index (χ1v) is 8.58. The Hall–Kier alpha value is -1.79. The molecule has 7 heteroatoms. The van der Waals surface area contributed by atoms with Gasteiger partial charge in [0.15, 0.2) is 0 Å². The number of carbonyl (C=O) groups is 2. The average Bonchev–Trinajstić information content (AvgIpc) is 3.07. The molecule has 140 valence electrons. The molecule has 2 atom stereocenters. The molecule has 0 aliphatic carbocycles. The smallest absolute Gasteiger partial charge is 0.315 e. The third-order valence-corrected chi connectivity index (χ3v) is 4.45. The van der Waals surface area contributed by atoms with Gasteiger partial charge in [-0.2, -0.15) is 0 Å². The fourth-order valence-corrected chi connectivity index (χ4v) is 2.91. The molecule has 1 aliphatic heterocycles. The summed E-state index contributed by atoms with van der Waals surface area (Å²) in [5.41, 5.74) is 6.71. The zero-order valence-corrected chi connectivity index (χ0v) is 15.7. The number of hydrogen-bond donors (Lipinski definition) is 3. The fraction of sp³-hybridized carbons (Fsp3) is 0.556. The predicted octanol–water partition coefficient (Wildman–Crippen LogP) is 1.74. The fourth-order valence-electron chi connectivity index (χ4n) is 2.91. The quantitative estimate of drug-likeness (QED) is 0.714. The molecule has 0 bridgehead atoms. The van der Waals surface area contributed by atoms with Gasteiger partial charge in [0.25, 0.3) is 0 Å². The molecule has 1 heterocycles. The minimum absolute atomic E-state index is 0. The van der Waals surface area contributed by atoms with E-state index in [0.29, 0.717) is 25.6 Å². The van der Waals surface area contributed by atoms with Crippen LogP contribution in [0.4, 0.5) is 4.79 Å². The van der Waals surface area contributed by atoms with E-state index in [0.717, 1.165) is 18.5 Å². The highest BCUT2D eigenvalue weighted by Crippen LogP contribution is 2.17. The number of carbonyl (C=O) groups excluding carboxylic acids is 2. The molecular weight excluding hydrogens is 340 g/mol. The molecule has 6 nitrogen and oxygen atoms in total. The number of halogens is 1. The molecule has 1 aliphatic rings. The van der Waals surface area contributed by atoms with Gasteiger partial charge in [0.2, 0.25) is 5.91 Å². The molecule has 3 amide bonds. The first-order chi connectivity index (χ1) is 11.5. The number of likely N-dealkylation sites (tertiary alicyclic amines) is 1. The summed E-state index contributed by atoms with van der Waals surface area (Å²) in [4.78, 5) is 26.7. The van der Waals surface area contributed by atoms with E-state index in [1.54, 1.807) is 0 Å². The zero-order valence-electron chi connectivity index (χ0n) is 14.9. The largest absolute Gasteiger partial charge is 0.341 e. The van der Waals surface area contributed by atoms with Crippen LogP contribution in [0.1, 0.15) is 25.8 Å². The van der Waals surface area contributed by atoms with Crippen LogP contribution < -0.4 is 16.4 Å².